The number of nitrogens with zero attached hydrogens (tertiary/aromatic N) is 4. The summed E-state index contributed by atoms with van der Waals surface area (Å²) in [5, 5.41) is 3.18. The molecule has 2 fully saturated rings. The Bertz CT molecular complexity index is 1300. The van der Waals surface area contributed by atoms with Crippen molar-refractivity contribution in [3.8, 4) is 5.75 Å². The fourth-order valence-corrected chi connectivity index (χ4v) is 4.74. The van der Waals surface area contributed by atoms with Crippen LogP contribution in [0.25, 0.3) is 21.8 Å². The van der Waals surface area contributed by atoms with Gasteiger partial charge in [-0.1, -0.05) is 23.7 Å². The SMILES string of the molecule is CC1(C)O[C@@H]2[C@H](O1)[C@@H](COc1cccc3cnccc13)O[C@H]2n1ccc2c(Cl)ncnc21. The summed E-state index contributed by atoms with van der Waals surface area (Å²) >= 11 is 6.24. The molecule has 2 saturated heterocycles. The summed E-state index contributed by atoms with van der Waals surface area (Å²) in [6, 6.07) is 9.73. The van der Waals surface area contributed by atoms with E-state index in [4.69, 9.17) is 30.5 Å². The van der Waals surface area contributed by atoms with Gasteiger partial charge in [0.2, 0.25) is 0 Å². The lowest BCUT2D eigenvalue weighted by molar-refractivity contribution is -0.198. The van der Waals surface area contributed by atoms with Crippen LogP contribution >= 0.6 is 11.6 Å². The predicted octanol–water partition coefficient (Wildman–Crippen LogP) is 4.13. The molecule has 8 nitrogen and oxygen atoms in total. The third kappa shape index (κ3) is 3.22. The second-order valence-corrected chi connectivity index (χ2v) is 8.78. The molecular weight excluding hydrogens is 432 g/mol. The molecule has 0 radical (unpaired) electrons. The maximum Gasteiger partial charge on any atom is 0.164 e. The third-order valence-electron chi connectivity index (χ3n) is 5.90. The molecule has 0 bridgehead atoms. The molecule has 0 unspecified atom stereocenters. The Morgan fingerprint density at radius 2 is 1.97 bits per heavy atom. The van der Waals surface area contributed by atoms with Crippen molar-refractivity contribution in [1.82, 2.24) is 19.5 Å². The lowest BCUT2D eigenvalue weighted by atomic mass is 10.1. The average molecular weight is 453 g/mol. The van der Waals surface area contributed by atoms with E-state index in [0.29, 0.717) is 17.4 Å². The van der Waals surface area contributed by atoms with Gasteiger partial charge in [0.05, 0.1) is 5.39 Å². The largest absolute Gasteiger partial charge is 0.490 e. The number of benzene rings is 1. The van der Waals surface area contributed by atoms with Crippen molar-refractivity contribution in [1.29, 1.82) is 0 Å². The molecule has 2 aliphatic heterocycles. The number of pyridine rings is 1. The van der Waals surface area contributed by atoms with Crippen LogP contribution in [-0.2, 0) is 14.2 Å². The molecule has 0 saturated carbocycles. The molecule has 164 valence electrons. The van der Waals surface area contributed by atoms with Crippen molar-refractivity contribution >= 4 is 33.4 Å². The van der Waals surface area contributed by atoms with Crippen molar-refractivity contribution in [3.63, 3.8) is 0 Å². The van der Waals surface area contributed by atoms with E-state index in [9.17, 15) is 0 Å². The van der Waals surface area contributed by atoms with Crippen LogP contribution in [0.2, 0.25) is 5.15 Å². The van der Waals surface area contributed by atoms with Crippen molar-refractivity contribution in [2.24, 2.45) is 0 Å². The zero-order chi connectivity index (χ0) is 21.9. The molecule has 4 aromatic rings. The summed E-state index contributed by atoms with van der Waals surface area (Å²) in [7, 11) is 0. The zero-order valence-electron chi connectivity index (χ0n) is 17.5. The first kappa shape index (κ1) is 19.9. The first-order valence-electron chi connectivity index (χ1n) is 10.4. The monoisotopic (exact) mass is 452 g/mol. The van der Waals surface area contributed by atoms with Gasteiger partial charge in [0.15, 0.2) is 12.0 Å². The van der Waals surface area contributed by atoms with E-state index < -0.39 is 12.0 Å². The van der Waals surface area contributed by atoms with E-state index in [1.807, 2.05) is 61.1 Å². The summed E-state index contributed by atoms with van der Waals surface area (Å²) in [6.07, 6.45) is 5.53. The smallest absolute Gasteiger partial charge is 0.164 e. The molecule has 9 heteroatoms. The summed E-state index contributed by atoms with van der Waals surface area (Å²) in [5.74, 6) is 0.0497. The fourth-order valence-electron chi connectivity index (χ4n) is 4.55. The Morgan fingerprint density at radius 1 is 1.09 bits per heavy atom. The van der Waals surface area contributed by atoms with E-state index in [-0.39, 0.29) is 18.3 Å². The van der Waals surface area contributed by atoms with E-state index >= 15 is 0 Å². The van der Waals surface area contributed by atoms with Gasteiger partial charge < -0.3 is 23.5 Å². The molecule has 6 rings (SSSR count). The summed E-state index contributed by atoms with van der Waals surface area (Å²) in [4.78, 5) is 12.6. The number of hydrogen-bond donors (Lipinski definition) is 0. The van der Waals surface area contributed by atoms with Crippen molar-refractivity contribution in [3.05, 3.63) is 60.4 Å². The number of hydrogen-bond acceptors (Lipinski definition) is 7. The zero-order valence-corrected chi connectivity index (χ0v) is 18.3. The normalized spacial score (nSPS) is 26.6. The molecule has 3 aromatic heterocycles. The molecule has 1 aromatic carbocycles. The van der Waals surface area contributed by atoms with Crippen molar-refractivity contribution < 1.29 is 18.9 Å². The summed E-state index contributed by atoms with van der Waals surface area (Å²) < 4.78 is 27.0. The third-order valence-corrected chi connectivity index (χ3v) is 6.21. The first-order chi connectivity index (χ1) is 15.5. The van der Waals surface area contributed by atoms with Crippen LogP contribution in [0.3, 0.4) is 0 Å². The maximum absolute atomic E-state index is 6.42. The Kier molecular flexibility index (Phi) is 4.58. The van der Waals surface area contributed by atoms with Gasteiger partial charge in [0, 0.05) is 29.4 Å². The Hall–Kier alpha value is -2.78. The van der Waals surface area contributed by atoms with Crippen LogP contribution in [0, 0.1) is 0 Å². The van der Waals surface area contributed by atoms with Gasteiger partial charge in [-0.15, -0.1) is 0 Å². The molecule has 0 spiro atoms. The number of aromatic nitrogens is 4. The minimum atomic E-state index is -0.726. The van der Waals surface area contributed by atoms with E-state index in [1.54, 1.807) is 6.20 Å². The number of halogens is 1. The van der Waals surface area contributed by atoms with Gasteiger partial charge in [0.25, 0.3) is 0 Å². The number of fused-ring (bicyclic) bond motifs is 3. The van der Waals surface area contributed by atoms with Gasteiger partial charge in [-0.3, -0.25) is 4.98 Å². The quantitative estimate of drug-likeness (QED) is 0.430. The molecule has 0 N–H and O–H groups in total. The molecule has 0 aliphatic carbocycles. The highest BCUT2D eigenvalue weighted by Gasteiger charge is 2.56. The standard InChI is InChI=1S/C23H21ClN4O4/c1-23(2)31-18-17(11-29-16-5-3-4-13-10-25-8-6-14(13)16)30-22(19(18)32-23)28-9-7-15-20(24)26-12-27-21(15)28/h3-10,12,17-19,22H,11H2,1-2H3/t17-,18-,19-,22-/m1/s1. The van der Waals surface area contributed by atoms with Crippen LogP contribution in [0.5, 0.6) is 5.75 Å². The molecule has 32 heavy (non-hydrogen) atoms. The molecular formula is C23H21ClN4O4. The van der Waals surface area contributed by atoms with Crippen LogP contribution < -0.4 is 4.74 Å². The highest BCUT2D eigenvalue weighted by Crippen LogP contribution is 2.44. The highest BCUT2D eigenvalue weighted by molar-refractivity contribution is 6.33. The number of ether oxygens (including phenoxy) is 4. The van der Waals surface area contributed by atoms with E-state index in [2.05, 4.69) is 15.0 Å². The van der Waals surface area contributed by atoms with Gasteiger partial charge >= 0.3 is 0 Å². The van der Waals surface area contributed by atoms with Crippen molar-refractivity contribution in [2.45, 2.75) is 44.2 Å². The average Bonchev–Trinajstić information content (AvgIpc) is 3.44. The topological polar surface area (TPSA) is 80.5 Å². The Labute approximate surface area is 189 Å². The summed E-state index contributed by atoms with van der Waals surface area (Å²) in [6.45, 7) is 4.13. The maximum atomic E-state index is 6.42. The van der Waals surface area contributed by atoms with Crippen LogP contribution in [0.1, 0.15) is 20.1 Å². The van der Waals surface area contributed by atoms with Crippen LogP contribution in [-0.4, -0.2) is 50.2 Å². The molecule has 5 heterocycles. The van der Waals surface area contributed by atoms with Gasteiger partial charge in [-0.2, -0.15) is 0 Å². The van der Waals surface area contributed by atoms with E-state index in [0.717, 1.165) is 21.9 Å². The fraction of sp³-hybridized carbons (Fsp3) is 0.348. The predicted molar refractivity (Wildman–Crippen MR) is 118 cm³/mol. The minimum Gasteiger partial charge on any atom is -0.490 e. The second-order valence-electron chi connectivity index (χ2n) is 8.42. The van der Waals surface area contributed by atoms with Gasteiger partial charge in [-0.05, 0) is 32.0 Å². The second kappa shape index (κ2) is 7.38. The Morgan fingerprint density at radius 3 is 2.88 bits per heavy atom. The summed E-state index contributed by atoms with van der Waals surface area (Å²) in [5.41, 5.74) is 0.685. The Balaban J connectivity index is 1.31. The highest BCUT2D eigenvalue weighted by atomic mass is 35.5. The molecule has 0 amide bonds. The molecule has 4 atom stereocenters. The first-order valence-corrected chi connectivity index (χ1v) is 10.8. The number of rotatable bonds is 4. The molecule has 2 aliphatic rings. The van der Waals surface area contributed by atoms with Crippen LogP contribution in [0.4, 0.5) is 0 Å². The minimum absolute atomic E-state index is 0.290. The lowest BCUT2D eigenvalue weighted by Gasteiger charge is -2.25. The lowest BCUT2D eigenvalue weighted by Crippen LogP contribution is -2.33. The van der Waals surface area contributed by atoms with Gasteiger partial charge in [0.1, 0.15) is 47.8 Å². The van der Waals surface area contributed by atoms with Gasteiger partial charge in [-0.25, -0.2) is 9.97 Å². The van der Waals surface area contributed by atoms with Crippen LogP contribution in [0.15, 0.2) is 55.2 Å². The van der Waals surface area contributed by atoms with E-state index in [1.165, 1.54) is 6.33 Å². The van der Waals surface area contributed by atoms with Crippen molar-refractivity contribution in [2.75, 3.05) is 6.61 Å².